The number of methoxy groups -OCH3 is 1. The van der Waals surface area contributed by atoms with E-state index in [-0.39, 0.29) is 11.6 Å². The zero-order chi connectivity index (χ0) is 13.1. The number of halogens is 1. The minimum Gasteiger partial charge on any atom is -0.480 e. The topological polar surface area (TPSA) is 89.9 Å². The molecule has 0 saturated carbocycles. The molecule has 0 bridgehead atoms. The van der Waals surface area contributed by atoms with Gasteiger partial charge in [-0.1, -0.05) is 11.6 Å². The summed E-state index contributed by atoms with van der Waals surface area (Å²) in [6.45, 7) is 0.159. The van der Waals surface area contributed by atoms with Gasteiger partial charge in [-0.15, -0.1) is 10.2 Å². The minimum atomic E-state index is -0.612. The molecule has 0 aliphatic rings. The Balaban J connectivity index is 2.31. The van der Waals surface area contributed by atoms with Crippen LogP contribution in [0.1, 0.15) is 5.69 Å². The van der Waals surface area contributed by atoms with Crippen molar-refractivity contribution in [3.63, 3.8) is 0 Å². The Hall–Kier alpha value is -2.15. The first-order valence-electron chi connectivity index (χ1n) is 4.96. The number of nitrogens with one attached hydrogen (secondary N) is 1. The molecule has 0 spiro atoms. The summed E-state index contributed by atoms with van der Waals surface area (Å²) >= 11 is 5.64. The molecule has 0 fully saturated rings. The van der Waals surface area contributed by atoms with E-state index in [1.807, 2.05) is 0 Å². The number of hydrogen-bond acceptors (Lipinski definition) is 5. The lowest BCUT2D eigenvalue weighted by atomic mass is 10.4. The van der Waals surface area contributed by atoms with Crippen LogP contribution in [0.2, 0.25) is 5.02 Å². The average Bonchev–Trinajstić information content (AvgIpc) is 2.37. The molecule has 0 aliphatic heterocycles. The van der Waals surface area contributed by atoms with E-state index in [1.54, 1.807) is 12.1 Å². The van der Waals surface area contributed by atoms with Gasteiger partial charge < -0.3 is 4.74 Å². The molecule has 0 amide bonds. The predicted molar refractivity (Wildman–Crippen MR) is 64.0 cm³/mol. The molecule has 2 aromatic rings. The van der Waals surface area contributed by atoms with Crippen LogP contribution in [0.5, 0.6) is 5.88 Å². The summed E-state index contributed by atoms with van der Waals surface area (Å²) in [6.07, 6.45) is 1.26. The first kappa shape index (κ1) is 12.3. The minimum absolute atomic E-state index is 0.0592. The van der Waals surface area contributed by atoms with Crippen molar-refractivity contribution in [1.29, 1.82) is 0 Å². The summed E-state index contributed by atoms with van der Waals surface area (Å²) in [5.41, 5.74) is -0.623. The fourth-order valence-corrected chi connectivity index (χ4v) is 1.48. The zero-order valence-corrected chi connectivity index (χ0v) is 10.1. The smallest absolute Gasteiger partial charge is 0.328 e. The highest BCUT2D eigenvalue weighted by molar-refractivity contribution is 6.30. The van der Waals surface area contributed by atoms with Crippen molar-refractivity contribution < 1.29 is 4.74 Å². The van der Waals surface area contributed by atoms with Gasteiger partial charge in [0.15, 0.2) is 0 Å². The van der Waals surface area contributed by atoms with Crippen molar-refractivity contribution in [2.45, 2.75) is 6.54 Å². The molecule has 18 heavy (non-hydrogen) atoms. The van der Waals surface area contributed by atoms with Crippen LogP contribution >= 0.6 is 11.6 Å². The lowest BCUT2D eigenvalue weighted by Gasteiger charge is -2.04. The Morgan fingerprint density at radius 3 is 2.78 bits per heavy atom. The van der Waals surface area contributed by atoms with E-state index in [2.05, 4.69) is 15.2 Å². The van der Waals surface area contributed by atoms with Crippen molar-refractivity contribution in [2.75, 3.05) is 7.11 Å². The average molecular weight is 269 g/mol. The third-order valence-electron chi connectivity index (χ3n) is 2.20. The number of aromatic amines is 1. The lowest BCUT2D eigenvalue weighted by Crippen LogP contribution is -2.30. The second-order valence-corrected chi connectivity index (χ2v) is 3.84. The fraction of sp³-hybridized carbons (Fsp3) is 0.200. The predicted octanol–water partition coefficient (Wildman–Crippen LogP) is 0.0369. The summed E-state index contributed by atoms with van der Waals surface area (Å²) in [5.74, 6) is 0.380. The largest absolute Gasteiger partial charge is 0.480 e. The van der Waals surface area contributed by atoms with Crippen LogP contribution in [0, 0.1) is 0 Å². The van der Waals surface area contributed by atoms with Crippen LogP contribution in [0.15, 0.2) is 27.9 Å². The molecule has 94 valence electrons. The van der Waals surface area contributed by atoms with E-state index in [0.717, 1.165) is 0 Å². The second kappa shape index (κ2) is 5.01. The van der Waals surface area contributed by atoms with Gasteiger partial charge in [-0.3, -0.25) is 14.3 Å². The lowest BCUT2D eigenvalue weighted by molar-refractivity contribution is 0.390. The number of nitrogens with zero attached hydrogens (tertiary/aromatic N) is 3. The molecule has 0 atom stereocenters. The van der Waals surface area contributed by atoms with E-state index >= 15 is 0 Å². The highest BCUT2D eigenvalue weighted by atomic mass is 35.5. The zero-order valence-electron chi connectivity index (χ0n) is 9.38. The molecule has 2 aromatic heterocycles. The van der Waals surface area contributed by atoms with E-state index in [4.69, 9.17) is 16.3 Å². The van der Waals surface area contributed by atoms with Gasteiger partial charge in [-0.05, 0) is 6.07 Å². The first-order valence-corrected chi connectivity index (χ1v) is 5.34. The number of ether oxygens (including phenoxy) is 1. The number of hydrogen-bond donors (Lipinski definition) is 1. The van der Waals surface area contributed by atoms with Gasteiger partial charge in [0.2, 0.25) is 5.88 Å². The summed E-state index contributed by atoms with van der Waals surface area (Å²) < 4.78 is 6.10. The maximum absolute atomic E-state index is 11.5. The molecular formula is C10H9ClN4O3. The van der Waals surface area contributed by atoms with Gasteiger partial charge in [-0.2, -0.15) is 0 Å². The van der Waals surface area contributed by atoms with Crippen LogP contribution in [0.3, 0.4) is 0 Å². The summed E-state index contributed by atoms with van der Waals surface area (Å²) in [7, 11) is 1.48. The first-order chi connectivity index (χ1) is 8.60. The molecule has 8 heteroatoms. The Morgan fingerprint density at radius 2 is 2.17 bits per heavy atom. The van der Waals surface area contributed by atoms with Crippen molar-refractivity contribution in [1.82, 2.24) is 19.7 Å². The van der Waals surface area contributed by atoms with Gasteiger partial charge in [0.1, 0.15) is 5.02 Å². The van der Waals surface area contributed by atoms with Crippen molar-refractivity contribution in [3.8, 4) is 5.88 Å². The summed E-state index contributed by atoms with van der Waals surface area (Å²) in [4.78, 5) is 24.7. The van der Waals surface area contributed by atoms with E-state index in [1.165, 1.54) is 17.9 Å². The molecule has 0 radical (unpaired) electrons. The van der Waals surface area contributed by atoms with E-state index in [0.29, 0.717) is 11.6 Å². The monoisotopic (exact) mass is 268 g/mol. The van der Waals surface area contributed by atoms with Crippen LogP contribution < -0.4 is 16.0 Å². The molecule has 2 heterocycles. The van der Waals surface area contributed by atoms with Crippen LogP contribution in [0.4, 0.5) is 0 Å². The van der Waals surface area contributed by atoms with Crippen LogP contribution in [0.25, 0.3) is 0 Å². The van der Waals surface area contributed by atoms with Gasteiger partial charge >= 0.3 is 5.69 Å². The van der Waals surface area contributed by atoms with Gasteiger partial charge in [0.25, 0.3) is 5.56 Å². The maximum Gasteiger partial charge on any atom is 0.328 e. The number of rotatable bonds is 3. The third-order valence-corrected chi connectivity index (χ3v) is 2.47. The second-order valence-electron chi connectivity index (χ2n) is 3.43. The molecule has 0 aromatic carbocycles. The summed E-state index contributed by atoms with van der Waals surface area (Å²) in [6, 6.07) is 3.29. The van der Waals surface area contributed by atoms with Crippen molar-refractivity contribution >= 4 is 11.6 Å². The van der Waals surface area contributed by atoms with Gasteiger partial charge in [-0.25, -0.2) is 4.79 Å². The van der Waals surface area contributed by atoms with Crippen LogP contribution in [-0.4, -0.2) is 26.9 Å². The van der Waals surface area contributed by atoms with Crippen molar-refractivity contribution in [3.05, 3.63) is 49.9 Å². The maximum atomic E-state index is 11.5. The van der Waals surface area contributed by atoms with E-state index in [9.17, 15) is 9.59 Å². The normalized spacial score (nSPS) is 10.3. The number of H-pyrrole nitrogens is 1. The molecular weight excluding hydrogens is 260 g/mol. The molecule has 7 nitrogen and oxygen atoms in total. The SMILES string of the molecule is COc1ccc(Cn2cc(Cl)c(=O)[nH]c2=O)nn1. The Kier molecular flexibility index (Phi) is 3.42. The van der Waals surface area contributed by atoms with Gasteiger partial charge in [0.05, 0.1) is 19.3 Å². The number of aromatic nitrogens is 4. The standard InChI is InChI=1S/C10H9ClN4O3/c1-18-8-3-2-6(13-14-8)4-15-5-7(11)9(16)12-10(15)17/h2-3,5H,4H2,1H3,(H,12,16,17). The molecule has 0 saturated heterocycles. The Morgan fingerprint density at radius 1 is 1.39 bits per heavy atom. The Bertz CT molecular complexity index is 662. The highest BCUT2D eigenvalue weighted by Crippen LogP contribution is 2.05. The van der Waals surface area contributed by atoms with Crippen molar-refractivity contribution in [2.24, 2.45) is 0 Å². The third kappa shape index (κ3) is 2.57. The molecule has 1 N–H and O–H groups in total. The quantitative estimate of drug-likeness (QED) is 0.849. The fourth-order valence-electron chi connectivity index (χ4n) is 1.32. The highest BCUT2D eigenvalue weighted by Gasteiger charge is 2.04. The summed E-state index contributed by atoms with van der Waals surface area (Å²) in [5, 5.41) is 7.58. The van der Waals surface area contributed by atoms with E-state index < -0.39 is 11.2 Å². The Labute approximate surface area is 106 Å². The van der Waals surface area contributed by atoms with Gasteiger partial charge in [0, 0.05) is 12.3 Å². The van der Waals surface area contributed by atoms with Crippen LogP contribution in [-0.2, 0) is 6.54 Å². The molecule has 0 aliphatic carbocycles. The molecule has 0 unspecified atom stereocenters. The molecule has 2 rings (SSSR count).